The molecule has 0 N–H and O–H groups in total. The van der Waals surface area contributed by atoms with Crippen molar-refractivity contribution in [2.75, 3.05) is 40.5 Å². The first-order chi connectivity index (χ1) is 9.72. The minimum absolute atomic E-state index is 0.0148. The van der Waals surface area contributed by atoms with Gasteiger partial charge in [-0.3, -0.25) is 9.69 Å². The zero-order chi connectivity index (χ0) is 14.4. The molecule has 0 aliphatic carbocycles. The molecule has 0 saturated carbocycles. The lowest BCUT2D eigenvalue weighted by Crippen LogP contribution is -2.28. The molecule has 0 aromatic heterocycles. The highest BCUT2D eigenvalue weighted by Gasteiger charge is 2.28. The summed E-state index contributed by atoms with van der Waals surface area (Å²) in [5, 5.41) is 0. The average molecular weight is 279 g/mol. The van der Waals surface area contributed by atoms with Crippen LogP contribution in [0.2, 0.25) is 0 Å². The first-order valence-corrected chi connectivity index (χ1v) is 6.80. The Morgan fingerprint density at radius 2 is 1.95 bits per heavy atom. The van der Waals surface area contributed by atoms with Gasteiger partial charge in [-0.05, 0) is 37.2 Å². The van der Waals surface area contributed by atoms with Crippen molar-refractivity contribution in [2.45, 2.75) is 6.42 Å². The predicted octanol–water partition coefficient (Wildman–Crippen LogP) is 1.57. The highest BCUT2D eigenvalue weighted by molar-refractivity contribution is 5.72. The molecule has 1 aliphatic rings. The van der Waals surface area contributed by atoms with Gasteiger partial charge in [-0.1, -0.05) is 0 Å². The second-order valence-corrected chi connectivity index (χ2v) is 4.83. The van der Waals surface area contributed by atoms with Crippen molar-refractivity contribution in [3.05, 3.63) is 24.3 Å². The van der Waals surface area contributed by atoms with E-state index < -0.39 is 0 Å². The van der Waals surface area contributed by atoms with Crippen LogP contribution in [0, 0.1) is 5.92 Å². The van der Waals surface area contributed by atoms with Crippen LogP contribution in [0.25, 0.3) is 0 Å². The molecule has 1 heterocycles. The summed E-state index contributed by atoms with van der Waals surface area (Å²) in [5.41, 5.74) is 0. The zero-order valence-corrected chi connectivity index (χ0v) is 12.0. The number of likely N-dealkylation sites (tertiary alicyclic amines) is 1. The summed E-state index contributed by atoms with van der Waals surface area (Å²) in [4.78, 5) is 13.7. The second kappa shape index (κ2) is 7.14. The summed E-state index contributed by atoms with van der Waals surface area (Å²) in [6, 6.07) is 7.52. The molecular weight excluding hydrogens is 258 g/mol. The minimum Gasteiger partial charge on any atom is -0.497 e. The van der Waals surface area contributed by atoms with Crippen molar-refractivity contribution in [3.8, 4) is 11.5 Å². The van der Waals surface area contributed by atoms with Crippen molar-refractivity contribution in [1.29, 1.82) is 0 Å². The SMILES string of the molecule is COC(=O)C1CCN(CCOc2ccc(OC)cc2)C1. The quantitative estimate of drug-likeness (QED) is 0.740. The van der Waals surface area contributed by atoms with E-state index in [9.17, 15) is 4.79 Å². The lowest BCUT2D eigenvalue weighted by atomic mass is 10.1. The van der Waals surface area contributed by atoms with Gasteiger partial charge in [0, 0.05) is 13.1 Å². The van der Waals surface area contributed by atoms with Gasteiger partial charge in [0.1, 0.15) is 18.1 Å². The van der Waals surface area contributed by atoms with Crippen molar-refractivity contribution in [2.24, 2.45) is 5.92 Å². The van der Waals surface area contributed by atoms with E-state index in [1.807, 2.05) is 24.3 Å². The van der Waals surface area contributed by atoms with Crippen molar-refractivity contribution >= 4 is 5.97 Å². The van der Waals surface area contributed by atoms with Crippen LogP contribution >= 0.6 is 0 Å². The van der Waals surface area contributed by atoms with E-state index in [4.69, 9.17) is 14.2 Å². The Morgan fingerprint density at radius 3 is 2.60 bits per heavy atom. The maximum Gasteiger partial charge on any atom is 0.310 e. The molecule has 1 atom stereocenters. The third-order valence-corrected chi connectivity index (χ3v) is 3.54. The van der Waals surface area contributed by atoms with E-state index in [-0.39, 0.29) is 11.9 Å². The van der Waals surface area contributed by atoms with E-state index in [1.54, 1.807) is 7.11 Å². The number of hydrogen-bond acceptors (Lipinski definition) is 5. The fourth-order valence-electron chi connectivity index (χ4n) is 2.36. The van der Waals surface area contributed by atoms with Gasteiger partial charge in [-0.2, -0.15) is 0 Å². The first kappa shape index (κ1) is 14.7. The second-order valence-electron chi connectivity index (χ2n) is 4.83. The highest BCUT2D eigenvalue weighted by Crippen LogP contribution is 2.19. The average Bonchev–Trinajstić information content (AvgIpc) is 2.96. The van der Waals surface area contributed by atoms with E-state index in [2.05, 4.69) is 4.90 Å². The van der Waals surface area contributed by atoms with E-state index in [0.717, 1.165) is 37.6 Å². The molecule has 1 aromatic rings. The predicted molar refractivity (Wildman–Crippen MR) is 75.1 cm³/mol. The van der Waals surface area contributed by atoms with Crippen LogP contribution in [-0.4, -0.2) is 51.3 Å². The maximum absolute atomic E-state index is 11.4. The Kier molecular flexibility index (Phi) is 5.24. The van der Waals surface area contributed by atoms with Crippen molar-refractivity contribution in [3.63, 3.8) is 0 Å². The van der Waals surface area contributed by atoms with Crippen LogP contribution < -0.4 is 9.47 Å². The van der Waals surface area contributed by atoms with Gasteiger partial charge in [0.15, 0.2) is 0 Å². The molecule has 2 rings (SSSR count). The number of hydrogen-bond donors (Lipinski definition) is 0. The molecular formula is C15H21NO4. The zero-order valence-electron chi connectivity index (χ0n) is 12.0. The van der Waals surface area contributed by atoms with Crippen LogP contribution in [0.3, 0.4) is 0 Å². The van der Waals surface area contributed by atoms with E-state index >= 15 is 0 Å². The fraction of sp³-hybridized carbons (Fsp3) is 0.533. The number of nitrogens with zero attached hydrogens (tertiary/aromatic N) is 1. The summed E-state index contributed by atoms with van der Waals surface area (Å²) in [6.07, 6.45) is 0.870. The van der Waals surface area contributed by atoms with Gasteiger partial charge in [-0.15, -0.1) is 0 Å². The molecule has 110 valence electrons. The molecule has 0 spiro atoms. The summed E-state index contributed by atoms with van der Waals surface area (Å²) < 4.78 is 15.5. The number of rotatable bonds is 6. The summed E-state index contributed by atoms with van der Waals surface area (Å²) in [7, 11) is 3.08. The first-order valence-electron chi connectivity index (χ1n) is 6.80. The lowest BCUT2D eigenvalue weighted by molar-refractivity contribution is -0.144. The topological polar surface area (TPSA) is 48.0 Å². The Hall–Kier alpha value is -1.75. The molecule has 20 heavy (non-hydrogen) atoms. The number of carbonyl (C=O) groups is 1. The van der Waals surface area contributed by atoms with Crippen LogP contribution in [0.5, 0.6) is 11.5 Å². The Labute approximate surface area is 119 Å². The molecule has 1 aliphatic heterocycles. The molecule has 5 nitrogen and oxygen atoms in total. The molecule has 0 amide bonds. The molecule has 0 bridgehead atoms. The van der Waals surface area contributed by atoms with Crippen LogP contribution in [-0.2, 0) is 9.53 Å². The smallest absolute Gasteiger partial charge is 0.310 e. The number of esters is 1. The normalized spacial score (nSPS) is 18.8. The molecule has 1 unspecified atom stereocenters. The van der Waals surface area contributed by atoms with Gasteiger partial charge >= 0.3 is 5.97 Å². The minimum atomic E-state index is -0.108. The Balaban J connectivity index is 1.69. The van der Waals surface area contributed by atoms with E-state index in [0.29, 0.717) is 6.61 Å². The van der Waals surface area contributed by atoms with Crippen molar-refractivity contribution < 1.29 is 19.0 Å². The van der Waals surface area contributed by atoms with Gasteiger partial charge in [0.25, 0.3) is 0 Å². The van der Waals surface area contributed by atoms with Crippen molar-refractivity contribution in [1.82, 2.24) is 4.90 Å². The standard InChI is InChI=1S/C15H21NO4/c1-18-13-3-5-14(6-4-13)20-10-9-16-8-7-12(11-16)15(17)19-2/h3-6,12H,7-11H2,1-2H3. The number of carbonyl (C=O) groups excluding carboxylic acids is 1. The molecule has 0 radical (unpaired) electrons. The van der Waals surface area contributed by atoms with Gasteiger partial charge in [-0.25, -0.2) is 0 Å². The summed E-state index contributed by atoms with van der Waals surface area (Å²) >= 11 is 0. The molecule has 1 aromatic carbocycles. The fourth-order valence-corrected chi connectivity index (χ4v) is 2.36. The summed E-state index contributed by atoms with van der Waals surface area (Å²) in [5.74, 6) is 1.55. The Morgan fingerprint density at radius 1 is 1.25 bits per heavy atom. The van der Waals surface area contributed by atoms with Gasteiger partial charge in [0.05, 0.1) is 20.1 Å². The monoisotopic (exact) mass is 279 g/mol. The summed E-state index contributed by atoms with van der Waals surface area (Å²) in [6.45, 7) is 3.12. The molecule has 1 fully saturated rings. The van der Waals surface area contributed by atoms with Crippen LogP contribution in [0.15, 0.2) is 24.3 Å². The largest absolute Gasteiger partial charge is 0.497 e. The van der Waals surface area contributed by atoms with Crippen LogP contribution in [0.1, 0.15) is 6.42 Å². The van der Waals surface area contributed by atoms with E-state index in [1.165, 1.54) is 7.11 Å². The van der Waals surface area contributed by atoms with Gasteiger partial charge in [0.2, 0.25) is 0 Å². The number of methoxy groups -OCH3 is 2. The lowest BCUT2D eigenvalue weighted by Gasteiger charge is -2.16. The third-order valence-electron chi connectivity index (χ3n) is 3.54. The van der Waals surface area contributed by atoms with Crippen LogP contribution in [0.4, 0.5) is 0 Å². The molecule has 1 saturated heterocycles. The third kappa shape index (κ3) is 3.87. The van der Waals surface area contributed by atoms with Gasteiger partial charge < -0.3 is 14.2 Å². The highest BCUT2D eigenvalue weighted by atomic mass is 16.5. The number of benzene rings is 1. The maximum atomic E-state index is 11.4. The molecule has 5 heteroatoms. The Bertz CT molecular complexity index is 432. The number of ether oxygens (including phenoxy) is 3.